The van der Waals surface area contributed by atoms with Gasteiger partial charge in [-0.05, 0) is 37.7 Å². The van der Waals surface area contributed by atoms with Gasteiger partial charge in [0.2, 0.25) is 0 Å². The molecule has 1 amide bonds. The normalized spacial score (nSPS) is 18.1. The number of amides is 1. The zero-order chi connectivity index (χ0) is 27.4. The first kappa shape index (κ1) is 27.4. The Kier molecular flexibility index (Phi) is 8.23. The van der Waals surface area contributed by atoms with Crippen molar-refractivity contribution in [3.8, 4) is 17.6 Å². The van der Waals surface area contributed by atoms with Crippen molar-refractivity contribution in [3.63, 3.8) is 0 Å². The second kappa shape index (κ2) is 11.4. The molecule has 4 N–H and O–H groups in total. The van der Waals surface area contributed by atoms with Crippen LogP contribution in [0.3, 0.4) is 0 Å². The molecular formula is C25H26F4N6O2S. The van der Waals surface area contributed by atoms with Crippen LogP contribution < -0.4 is 16.0 Å². The molecule has 202 valence electrons. The molecule has 1 aliphatic rings. The number of nitrogens with zero attached hydrogens (tertiary/aromatic N) is 3. The van der Waals surface area contributed by atoms with Crippen molar-refractivity contribution in [2.24, 2.45) is 0 Å². The van der Waals surface area contributed by atoms with E-state index in [0.29, 0.717) is 24.2 Å². The van der Waals surface area contributed by atoms with Gasteiger partial charge < -0.3 is 30.4 Å². The molecule has 0 saturated carbocycles. The van der Waals surface area contributed by atoms with Gasteiger partial charge in [0.1, 0.15) is 16.9 Å². The van der Waals surface area contributed by atoms with Crippen molar-refractivity contribution in [2.45, 2.75) is 29.2 Å². The Morgan fingerprint density at radius 1 is 1.32 bits per heavy atom. The number of carbonyl (C=O) groups excluding carboxylic acids is 1. The number of hydrogen-bond donors (Lipinski definition) is 4. The predicted molar refractivity (Wildman–Crippen MR) is 138 cm³/mol. The van der Waals surface area contributed by atoms with E-state index in [4.69, 9.17) is 0 Å². The molecule has 1 aliphatic heterocycles. The van der Waals surface area contributed by atoms with E-state index < -0.39 is 17.7 Å². The number of nitrogens with one attached hydrogen (secondary N) is 3. The van der Waals surface area contributed by atoms with Gasteiger partial charge in [0.25, 0.3) is 5.91 Å². The number of rotatable bonds is 6. The van der Waals surface area contributed by atoms with E-state index in [9.17, 15) is 27.5 Å². The fourth-order valence-electron chi connectivity index (χ4n) is 4.13. The summed E-state index contributed by atoms with van der Waals surface area (Å²) in [5, 5.41) is 18.4. The predicted octanol–water partition coefficient (Wildman–Crippen LogP) is 3.93. The maximum Gasteiger partial charge on any atom is 0.447 e. The van der Waals surface area contributed by atoms with Crippen LogP contribution in [-0.4, -0.2) is 76.7 Å². The number of piperidine rings is 1. The number of likely N-dealkylation sites (tertiary alicyclic amines) is 1. The highest BCUT2D eigenvalue weighted by Crippen LogP contribution is 2.40. The van der Waals surface area contributed by atoms with Gasteiger partial charge in [-0.2, -0.15) is 13.2 Å². The number of halogens is 4. The van der Waals surface area contributed by atoms with Crippen LogP contribution in [0, 0.1) is 11.8 Å². The average molecular weight is 551 g/mol. The third-order valence-corrected chi connectivity index (χ3v) is 6.85. The highest BCUT2D eigenvalue weighted by atomic mass is 32.2. The molecule has 3 heterocycles. The van der Waals surface area contributed by atoms with Crippen LogP contribution in [0.5, 0.6) is 5.75 Å². The lowest BCUT2D eigenvalue weighted by atomic mass is 10.0. The minimum absolute atomic E-state index is 0.0116. The third kappa shape index (κ3) is 6.43. The van der Waals surface area contributed by atoms with E-state index >= 15 is 0 Å². The van der Waals surface area contributed by atoms with E-state index in [1.54, 1.807) is 0 Å². The van der Waals surface area contributed by atoms with Crippen LogP contribution in [0.4, 0.5) is 29.1 Å². The van der Waals surface area contributed by atoms with E-state index in [0.717, 1.165) is 0 Å². The first-order valence-electron chi connectivity index (χ1n) is 11.7. The van der Waals surface area contributed by atoms with Crippen molar-refractivity contribution >= 4 is 34.7 Å². The second-order valence-electron chi connectivity index (χ2n) is 8.73. The molecule has 8 nitrogen and oxygen atoms in total. The number of benzene rings is 1. The van der Waals surface area contributed by atoms with Gasteiger partial charge in [0.05, 0.1) is 29.4 Å². The highest BCUT2D eigenvalue weighted by molar-refractivity contribution is 8.00. The fourth-order valence-corrected chi connectivity index (χ4v) is 4.83. The van der Waals surface area contributed by atoms with Crippen molar-refractivity contribution in [3.05, 3.63) is 47.8 Å². The second-order valence-corrected chi connectivity index (χ2v) is 9.78. The van der Waals surface area contributed by atoms with E-state index in [2.05, 4.69) is 32.8 Å². The molecule has 2 atom stereocenters. The van der Waals surface area contributed by atoms with E-state index in [1.165, 1.54) is 48.1 Å². The van der Waals surface area contributed by atoms with Crippen LogP contribution in [0.2, 0.25) is 0 Å². The molecule has 4 rings (SSSR count). The highest BCUT2D eigenvalue weighted by Gasteiger charge is 2.33. The van der Waals surface area contributed by atoms with Gasteiger partial charge in [-0.15, -0.1) is 0 Å². The van der Waals surface area contributed by atoms with Crippen molar-refractivity contribution in [2.75, 3.05) is 44.4 Å². The summed E-state index contributed by atoms with van der Waals surface area (Å²) < 4.78 is 56.1. The quantitative estimate of drug-likeness (QED) is 0.160. The van der Waals surface area contributed by atoms with Gasteiger partial charge in [-0.25, -0.2) is 9.37 Å². The fraction of sp³-hybridized carbons (Fsp3) is 0.360. The molecule has 1 aromatic carbocycles. The number of phenols is 1. The Labute approximate surface area is 220 Å². The van der Waals surface area contributed by atoms with Crippen LogP contribution >= 0.6 is 11.8 Å². The standard InChI is InChI=1S/C25H26F4N6O2S/c1-30-23(37)15-5-6-19(21(36)13-15)31-8-3-4-16-12-20-22(33-18-7-10-34(2)14-17(18)26)32-9-11-35(20)24(16)38-25(27,28)29/h5-6,9,11-13,17-18,31,36H,7-8,10,14H2,1-2H3,(H,30,37)(H,32,33)/t17-,18+/m0/s1. The minimum Gasteiger partial charge on any atom is -0.506 e. The first-order chi connectivity index (χ1) is 18.1. The van der Waals surface area contributed by atoms with Gasteiger partial charge in [-0.1, -0.05) is 11.8 Å². The number of thioether (sulfide) groups is 1. The first-order valence-corrected chi connectivity index (χ1v) is 12.5. The summed E-state index contributed by atoms with van der Waals surface area (Å²) in [6.07, 6.45) is 2.15. The lowest BCUT2D eigenvalue weighted by molar-refractivity contribution is -0.0329. The summed E-state index contributed by atoms with van der Waals surface area (Å²) in [5.41, 5.74) is -3.49. The van der Waals surface area contributed by atoms with E-state index in [1.807, 2.05) is 11.9 Å². The molecule has 38 heavy (non-hydrogen) atoms. The monoisotopic (exact) mass is 550 g/mol. The van der Waals surface area contributed by atoms with Gasteiger partial charge >= 0.3 is 5.51 Å². The number of aromatic hydroxyl groups is 1. The van der Waals surface area contributed by atoms with Crippen molar-refractivity contribution in [1.29, 1.82) is 0 Å². The maximum atomic E-state index is 14.6. The van der Waals surface area contributed by atoms with Crippen LogP contribution in [0.15, 0.2) is 41.7 Å². The molecule has 0 radical (unpaired) electrons. The summed E-state index contributed by atoms with van der Waals surface area (Å²) in [7, 11) is 3.30. The summed E-state index contributed by atoms with van der Waals surface area (Å²) in [6.45, 7) is 0.952. The van der Waals surface area contributed by atoms with Gasteiger partial charge in [0.15, 0.2) is 5.82 Å². The molecule has 0 spiro atoms. The number of aromatic nitrogens is 2. The lowest BCUT2D eigenvalue weighted by Crippen LogP contribution is -2.46. The average Bonchev–Trinajstić information content (AvgIpc) is 3.20. The molecule has 2 aromatic heterocycles. The van der Waals surface area contributed by atoms with Crippen LogP contribution in [-0.2, 0) is 0 Å². The Balaban J connectivity index is 1.58. The molecule has 13 heteroatoms. The summed E-state index contributed by atoms with van der Waals surface area (Å²) in [4.78, 5) is 17.8. The Morgan fingerprint density at radius 3 is 2.79 bits per heavy atom. The molecule has 0 aliphatic carbocycles. The van der Waals surface area contributed by atoms with Crippen LogP contribution in [0.1, 0.15) is 22.3 Å². The zero-order valence-electron chi connectivity index (χ0n) is 20.6. The SMILES string of the molecule is CNC(=O)c1ccc(NCC#Cc2cc3c(N[C@@H]4CCN(C)C[C@@H]4F)nccn3c2SC(F)(F)F)c(O)c1. The number of phenolic OH excluding ortho intramolecular Hbond substituents is 1. The Hall–Kier alpha value is -3.63. The maximum absolute atomic E-state index is 14.6. The van der Waals surface area contributed by atoms with E-state index in [-0.39, 0.29) is 58.5 Å². The zero-order valence-corrected chi connectivity index (χ0v) is 21.4. The number of carbonyl (C=O) groups is 1. The van der Waals surface area contributed by atoms with Crippen LogP contribution in [0.25, 0.3) is 5.52 Å². The molecule has 1 fully saturated rings. The molecule has 0 bridgehead atoms. The Bertz CT molecular complexity index is 1380. The smallest absolute Gasteiger partial charge is 0.447 e. The molecule has 1 saturated heterocycles. The minimum atomic E-state index is -4.56. The third-order valence-electron chi connectivity index (χ3n) is 6.01. The number of anilines is 2. The summed E-state index contributed by atoms with van der Waals surface area (Å²) in [5.74, 6) is 5.29. The Morgan fingerprint density at radius 2 is 2.11 bits per heavy atom. The van der Waals surface area contributed by atoms with Crippen molar-refractivity contribution in [1.82, 2.24) is 19.6 Å². The lowest BCUT2D eigenvalue weighted by Gasteiger charge is -2.33. The molecule has 0 unspecified atom stereocenters. The summed E-state index contributed by atoms with van der Waals surface area (Å²) >= 11 is -0.292. The molecule has 3 aromatic rings. The topological polar surface area (TPSA) is 93.9 Å². The number of alkyl halides is 4. The largest absolute Gasteiger partial charge is 0.506 e. The summed E-state index contributed by atoms with van der Waals surface area (Å²) in [6, 6.07) is 5.29. The number of hydrogen-bond acceptors (Lipinski definition) is 7. The van der Waals surface area contributed by atoms with Gasteiger partial charge in [0, 0.05) is 49.9 Å². The number of fused-ring (bicyclic) bond motifs is 1. The molecular weight excluding hydrogens is 524 g/mol. The van der Waals surface area contributed by atoms with Crippen molar-refractivity contribution < 1.29 is 27.5 Å². The van der Waals surface area contributed by atoms with Gasteiger partial charge in [-0.3, -0.25) is 4.79 Å².